The van der Waals surface area contributed by atoms with Crippen LogP contribution in [0.2, 0.25) is 15.1 Å². The highest BCUT2D eigenvalue weighted by molar-refractivity contribution is 6.35. The van der Waals surface area contributed by atoms with Gasteiger partial charge in [-0.25, -0.2) is 4.98 Å². The average molecular weight is 428 g/mol. The molecule has 138 valence electrons. The Morgan fingerprint density at radius 1 is 0.821 bits per heavy atom. The van der Waals surface area contributed by atoms with Crippen LogP contribution in [0.1, 0.15) is 11.4 Å². The molecule has 0 unspecified atom stereocenters. The Morgan fingerprint density at radius 2 is 1.54 bits per heavy atom. The summed E-state index contributed by atoms with van der Waals surface area (Å²) in [5.41, 5.74) is 1.92. The van der Waals surface area contributed by atoms with E-state index in [0.717, 1.165) is 5.56 Å². The SMILES string of the molecule is O=c1c2ccccc2nc(/C=C/c2ccc(Cl)cc2Cl)n1-c1ccc(Cl)cc1. The van der Waals surface area contributed by atoms with E-state index in [9.17, 15) is 4.79 Å². The number of fused-ring (bicyclic) bond motifs is 1. The Morgan fingerprint density at radius 3 is 2.29 bits per heavy atom. The Balaban J connectivity index is 1.93. The molecular formula is C22H13Cl3N2O. The van der Waals surface area contributed by atoms with Crippen LogP contribution >= 0.6 is 34.8 Å². The Kier molecular flexibility index (Phi) is 5.23. The van der Waals surface area contributed by atoms with Gasteiger partial charge < -0.3 is 0 Å². The summed E-state index contributed by atoms with van der Waals surface area (Å²) in [5.74, 6) is 0.483. The second kappa shape index (κ2) is 7.80. The fourth-order valence-corrected chi connectivity index (χ4v) is 3.50. The number of hydrogen-bond donors (Lipinski definition) is 0. The van der Waals surface area contributed by atoms with Crippen molar-refractivity contribution in [2.24, 2.45) is 0 Å². The molecule has 0 aliphatic rings. The summed E-state index contributed by atoms with van der Waals surface area (Å²) in [7, 11) is 0. The van der Waals surface area contributed by atoms with Crippen LogP contribution < -0.4 is 5.56 Å². The van der Waals surface area contributed by atoms with Gasteiger partial charge in [0.25, 0.3) is 5.56 Å². The van der Waals surface area contributed by atoms with Crippen molar-refractivity contribution in [1.29, 1.82) is 0 Å². The van der Waals surface area contributed by atoms with E-state index >= 15 is 0 Å². The number of halogens is 3. The molecule has 0 bridgehead atoms. The first-order valence-corrected chi connectivity index (χ1v) is 9.57. The highest BCUT2D eigenvalue weighted by atomic mass is 35.5. The maximum atomic E-state index is 13.2. The van der Waals surface area contributed by atoms with E-state index in [1.54, 1.807) is 53.1 Å². The van der Waals surface area contributed by atoms with Gasteiger partial charge in [0.05, 0.1) is 16.6 Å². The second-order valence-electron chi connectivity index (χ2n) is 6.10. The van der Waals surface area contributed by atoms with Crippen LogP contribution in [0.3, 0.4) is 0 Å². The number of aromatic nitrogens is 2. The molecule has 0 fully saturated rings. The van der Waals surface area contributed by atoms with Gasteiger partial charge in [-0.3, -0.25) is 9.36 Å². The molecule has 0 saturated carbocycles. The van der Waals surface area contributed by atoms with Crippen molar-refractivity contribution in [2.75, 3.05) is 0 Å². The molecule has 0 aliphatic heterocycles. The van der Waals surface area contributed by atoms with Crippen LogP contribution in [-0.2, 0) is 0 Å². The molecule has 3 nitrogen and oxygen atoms in total. The number of para-hydroxylation sites is 1. The number of benzene rings is 3. The number of hydrogen-bond acceptors (Lipinski definition) is 2. The topological polar surface area (TPSA) is 34.9 Å². The first-order valence-electron chi connectivity index (χ1n) is 8.44. The van der Waals surface area contributed by atoms with Gasteiger partial charge in [-0.15, -0.1) is 0 Å². The summed E-state index contributed by atoms with van der Waals surface area (Å²) >= 11 is 18.2. The second-order valence-corrected chi connectivity index (χ2v) is 7.38. The first-order chi connectivity index (χ1) is 13.5. The minimum atomic E-state index is -0.158. The predicted molar refractivity (Wildman–Crippen MR) is 118 cm³/mol. The lowest BCUT2D eigenvalue weighted by molar-refractivity contribution is 0.944. The zero-order valence-corrected chi connectivity index (χ0v) is 16.7. The van der Waals surface area contributed by atoms with Crippen molar-refractivity contribution in [3.63, 3.8) is 0 Å². The summed E-state index contributed by atoms with van der Waals surface area (Å²) in [6.07, 6.45) is 3.57. The van der Waals surface area contributed by atoms with Gasteiger partial charge in [-0.05, 0) is 66.2 Å². The zero-order valence-electron chi connectivity index (χ0n) is 14.4. The van der Waals surface area contributed by atoms with Gasteiger partial charge >= 0.3 is 0 Å². The lowest BCUT2D eigenvalue weighted by Crippen LogP contribution is -2.22. The monoisotopic (exact) mass is 426 g/mol. The average Bonchev–Trinajstić information content (AvgIpc) is 2.68. The van der Waals surface area contributed by atoms with Crippen LogP contribution in [0, 0.1) is 0 Å². The van der Waals surface area contributed by atoms with E-state index in [0.29, 0.717) is 37.5 Å². The van der Waals surface area contributed by atoms with E-state index in [2.05, 4.69) is 4.98 Å². The first kappa shape index (κ1) is 18.8. The number of rotatable bonds is 3. The van der Waals surface area contributed by atoms with Gasteiger partial charge in [0.2, 0.25) is 0 Å². The quantitative estimate of drug-likeness (QED) is 0.373. The molecule has 0 spiro atoms. The molecular weight excluding hydrogens is 415 g/mol. The van der Waals surface area contributed by atoms with Crippen molar-refractivity contribution < 1.29 is 0 Å². The molecule has 0 atom stereocenters. The maximum Gasteiger partial charge on any atom is 0.266 e. The molecule has 28 heavy (non-hydrogen) atoms. The van der Waals surface area contributed by atoms with Crippen LogP contribution in [0.5, 0.6) is 0 Å². The fourth-order valence-electron chi connectivity index (χ4n) is 2.90. The molecule has 0 N–H and O–H groups in total. The third-order valence-electron chi connectivity index (χ3n) is 4.26. The van der Waals surface area contributed by atoms with Gasteiger partial charge in [-0.1, -0.05) is 53.0 Å². The van der Waals surface area contributed by atoms with E-state index in [1.807, 2.05) is 30.3 Å². The van der Waals surface area contributed by atoms with Crippen molar-refractivity contribution in [2.45, 2.75) is 0 Å². The minimum absolute atomic E-state index is 0.158. The normalized spacial score (nSPS) is 11.4. The molecule has 0 amide bonds. The third kappa shape index (κ3) is 3.69. The zero-order chi connectivity index (χ0) is 19.7. The van der Waals surface area contributed by atoms with Crippen molar-refractivity contribution >= 4 is 57.9 Å². The van der Waals surface area contributed by atoms with E-state index in [-0.39, 0.29) is 5.56 Å². The van der Waals surface area contributed by atoms with Crippen LogP contribution in [-0.4, -0.2) is 9.55 Å². The standard InChI is InChI=1S/C22H13Cl3N2O/c23-15-8-10-17(11-9-15)27-21(12-6-14-5-7-16(24)13-19(14)25)26-20-4-2-1-3-18(20)22(27)28/h1-13H/b12-6+. The molecule has 3 aromatic carbocycles. The summed E-state index contributed by atoms with van der Waals surface area (Å²) in [6.45, 7) is 0. The molecule has 4 rings (SSSR count). The fraction of sp³-hybridized carbons (Fsp3) is 0. The Hall–Kier alpha value is -2.59. The molecule has 0 saturated heterocycles. The summed E-state index contributed by atoms with van der Waals surface area (Å²) < 4.78 is 1.55. The maximum absolute atomic E-state index is 13.2. The molecule has 6 heteroatoms. The van der Waals surface area contributed by atoms with Crippen LogP contribution in [0.25, 0.3) is 28.7 Å². The third-order valence-corrected chi connectivity index (χ3v) is 5.08. The molecule has 1 heterocycles. The van der Waals surface area contributed by atoms with E-state index in [1.165, 1.54) is 0 Å². The molecule has 0 aliphatic carbocycles. The smallest absolute Gasteiger partial charge is 0.266 e. The van der Waals surface area contributed by atoms with Crippen molar-refractivity contribution in [3.8, 4) is 5.69 Å². The van der Waals surface area contributed by atoms with Gasteiger partial charge in [0.15, 0.2) is 0 Å². The van der Waals surface area contributed by atoms with E-state index < -0.39 is 0 Å². The van der Waals surface area contributed by atoms with Crippen LogP contribution in [0.15, 0.2) is 71.5 Å². The molecule has 0 radical (unpaired) electrons. The van der Waals surface area contributed by atoms with E-state index in [4.69, 9.17) is 34.8 Å². The Bertz CT molecular complexity index is 1260. The summed E-state index contributed by atoms with van der Waals surface area (Å²) in [6, 6.07) is 19.5. The molecule has 1 aromatic heterocycles. The lowest BCUT2D eigenvalue weighted by atomic mass is 10.2. The molecule has 4 aromatic rings. The van der Waals surface area contributed by atoms with Crippen molar-refractivity contribution in [1.82, 2.24) is 9.55 Å². The van der Waals surface area contributed by atoms with Crippen molar-refractivity contribution in [3.05, 3.63) is 104 Å². The highest BCUT2D eigenvalue weighted by Gasteiger charge is 2.11. The van der Waals surface area contributed by atoms with Gasteiger partial charge in [-0.2, -0.15) is 0 Å². The van der Waals surface area contributed by atoms with Gasteiger partial charge in [0, 0.05) is 15.1 Å². The van der Waals surface area contributed by atoms with Crippen LogP contribution in [0.4, 0.5) is 0 Å². The summed E-state index contributed by atoms with van der Waals surface area (Å²) in [5, 5.41) is 2.21. The minimum Gasteiger partial charge on any atom is -0.268 e. The Labute approximate surface area is 176 Å². The predicted octanol–water partition coefficient (Wildman–Crippen LogP) is 6.52. The summed E-state index contributed by atoms with van der Waals surface area (Å²) in [4.78, 5) is 17.8. The number of nitrogens with zero attached hydrogens (tertiary/aromatic N) is 2. The lowest BCUT2D eigenvalue weighted by Gasteiger charge is -2.11. The van der Waals surface area contributed by atoms with Gasteiger partial charge in [0.1, 0.15) is 5.82 Å². The largest absolute Gasteiger partial charge is 0.268 e. The highest BCUT2D eigenvalue weighted by Crippen LogP contribution is 2.23.